The van der Waals surface area contributed by atoms with Crippen LogP contribution in [0.4, 0.5) is 5.82 Å². The third-order valence-corrected chi connectivity index (χ3v) is 3.04. The predicted molar refractivity (Wildman–Crippen MR) is 68.6 cm³/mol. The molecule has 2 bridgehead atoms. The number of aliphatic hydroxyl groups is 1. The van der Waals surface area contributed by atoms with Crippen molar-refractivity contribution in [1.29, 1.82) is 0 Å². The first-order valence-corrected chi connectivity index (χ1v) is 5.92. The molecule has 0 spiro atoms. The quantitative estimate of drug-likeness (QED) is 0.668. The van der Waals surface area contributed by atoms with Crippen molar-refractivity contribution in [2.75, 3.05) is 18.6 Å². The summed E-state index contributed by atoms with van der Waals surface area (Å²) < 4.78 is 0. The van der Waals surface area contributed by atoms with Crippen LogP contribution in [-0.2, 0) is 5.60 Å². The maximum absolute atomic E-state index is 10.4. The fourth-order valence-electron chi connectivity index (χ4n) is 1.87. The van der Waals surface area contributed by atoms with Gasteiger partial charge in [-0.25, -0.2) is 10.4 Å². The second-order valence-electron chi connectivity index (χ2n) is 4.59. The van der Waals surface area contributed by atoms with Gasteiger partial charge in [-0.1, -0.05) is 18.2 Å². The van der Waals surface area contributed by atoms with Gasteiger partial charge < -0.3 is 5.11 Å². The second kappa shape index (κ2) is 4.85. The molecule has 0 aromatic carbocycles. The van der Waals surface area contributed by atoms with Crippen molar-refractivity contribution in [1.82, 2.24) is 10.4 Å². The van der Waals surface area contributed by atoms with Gasteiger partial charge in [-0.05, 0) is 31.9 Å². The zero-order valence-corrected chi connectivity index (χ0v) is 10.3. The zero-order chi connectivity index (χ0) is 12.3. The Balaban J connectivity index is 2.37. The maximum Gasteiger partial charge on any atom is 0.142 e. The van der Waals surface area contributed by atoms with Crippen LogP contribution in [0.25, 0.3) is 0 Å². The highest BCUT2D eigenvalue weighted by Gasteiger charge is 2.24. The minimum absolute atomic E-state index is 0.684. The van der Waals surface area contributed by atoms with Gasteiger partial charge in [0.15, 0.2) is 0 Å². The van der Waals surface area contributed by atoms with E-state index in [0.717, 1.165) is 24.5 Å². The van der Waals surface area contributed by atoms with Crippen LogP contribution in [0.5, 0.6) is 0 Å². The van der Waals surface area contributed by atoms with Crippen LogP contribution >= 0.6 is 0 Å². The number of hydrazine groups is 1. The maximum atomic E-state index is 10.4. The fraction of sp³-hybridized carbons (Fsp3) is 0.462. The Labute approximate surface area is 102 Å². The molecule has 0 radical (unpaired) electrons. The van der Waals surface area contributed by atoms with E-state index in [2.05, 4.69) is 22.6 Å². The molecule has 0 saturated heterocycles. The summed E-state index contributed by atoms with van der Waals surface area (Å²) >= 11 is 0. The van der Waals surface area contributed by atoms with Crippen molar-refractivity contribution in [3.63, 3.8) is 0 Å². The Bertz CT molecular complexity index is 415. The number of fused-ring (bicyclic) bond motifs is 2. The molecule has 1 unspecified atom stereocenters. The lowest BCUT2D eigenvalue weighted by Crippen LogP contribution is -2.35. The summed E-state index contributed by atoms with van der Waals surface area (Å²) in [6.45, 7) is 2.59. The van der Waals surface area contributed by atoms with E-state index in [4.69, 9.17) is 0 Å². The Morgan fingerprint density at radius 1 is 1.41 bits per heavy atom. The van der Waals surface area contributed by atoms with Crippen LogP contribution in [0, 0.1) is 0 Å². The van der Waals surface area contributed by atoms with E-state index in [9.17, 15) is 5.11 Å². The molecule has 0 amide bonds. The molecule has 0 fully saturated rings. The molecule has 1 atom stereocenters. The van der Waals surface area contributed by atoms with Crippen LogP contribution in [0.1, 0.15) is 25.5 Å². The molecule has 1 aliphatic heterocycles. The van der Waals surface area contributed by atoms with E-state index >= 15 is 0 Å². The third kappa shape index (κ3) is 2.84. The highest BCUT2D eigenvalue weighted by atomic mass is 16.3. The zero-order valence-electron chi connectivity index (χ0n) is 10.3. The van der Waals surface area contributed by atoms with Gasteiger partial charge in [-0.15, -0.1) is 0 Å². The second-order valence-corrected chi connectivity index (χ2v) is 4.59. The number of nitrogens with one attached hydrogen (secondary N) is 1. The molecule has 2 rings (SSSR count). The molecule has 1 aliphatic rings. The number of allylic oxidation sites excluding steroid dienone is 1. The monoisotopic (exact) mass is 233 g/mol. The van der Waals surface area contributed by atoms with E-state index in [1.165, 1.54) is 0 Å². The van der Waals surface area contributed by atoms with Gasteiger partial charge in [-0.2, -0.15) is 0 Å². The normalized spacial score (nSPS) is 27.4. The van der Waals surface area contributed by atoms with E-state index < -0.39 is 5.60 Å². The number of rotatable bonds is 0. The summed E-state index contributed by atoms with van der Waals surface area (Å²) in [5, 5.41) is 12.3. The highest BCUT2D eigenvalue weighted by Crippen LogP contribution is 2.26. The van der Waals surface area contributed by atoms with Gasteiger partial charge in [0, 0.05) is 13.6 Å². The number of anilines is 1. The first-order chi connectivity index (χ1) is 8.09. The largest absolute Gasteiger partial charge is 0.384 e. The molecule has 17 heavy (non-hydrogen) atoms. The minimum Gasteiger partial charge on any atom is -0.384 e. The van der Waals surface area contributed by atoms with Crippen molar-refractivity contribution in [3.05, 3.63) is 36.0 Å². The van der Waals surface area contributed by atoms with Crippen molar-refractivity contribution < 1.29 is 5.11 Å². The summed E-state index contributed by atoms with van der Waals surface area (Å²) in [6, 6.07) is 5.72. The predicted octanol–water partition coefficient (Wildman–Crippen LogP) is 1.58. The van der Waals surface area contributed by atoms with Gasteiger partial charge in [0.25, 0.3) is 0 Å². The average Bonchev–Trinajstić information content (AvgIpc) is 2.33. The Morgan fingerprint density at radius 3 is 3.06 bits per heavy atom. The Morgan fingerprint density at radius 2 is 2.24 bits per heavy atom. The highest BCUT2D eigenvalue weighted by molar-refractivity contribution is 5.38. The van der Waals surface area contributed by atoms with Crippen LogP contribution in [0.15, 0.2) is 30.4 Å². The number of pyridine rings is 1. The Hall–Kier alpha value is -1.39. The molecule has 2 N–H and O–H groups in total. The molecule has 4 heteroatoms. The SMILES string of the molecule is CN1NC/C=C\CCC(C)(O)c2cccc1n2. The summed E-state index contributed by atoms with van der Waals surface area (Å²) in [5.41, 5.74) is 3.07. The first kappa shape index (κ1) is 12.1. The molecule has 1 aromatic heterocycles. The molecule has 4 nitrogen and oxygen atoms in total. The van der Waals surface area contributed by atoms with Crippen LogP contribution in [0.2, 0.25) is 0 Å². The fourth-order valence-corrected chi connectivity index (χ4v) is 1.87. The van der Waals surface area contributed by atoms with E-state index in [0.29, 0.717) is 6.42 Å². The van der Waals surface area contributed by atoms with Crippen molar-refractivity contribution in [2.45, 2.75) is 25.4 Å². The number of aromatic nitrogens is 1. The topological polar surface area (TPSA) is 48.4 Å². The molecule has 0 aliphatic carbocycles. The molecule has 1 aromatic rings. The minimum atomic E-state index is -0.870. The molecular formula is C13H19N3O. The van der Waals surface area contributed by atoms with Gasteiger partial charge in [0.05, 0.1) is 5.69 Å². The smallest absolute Gasteiger partial charge is 0.142 e. The molecule has 2 heterocycles. The standard InChI is InChI=1S/C13H19N3O/c1-13(17)9-4-3-5-10-14-16(2)12-8-6-7-11(13)15-12/h3,5-8,14,17H,4,9-10H2,1-2H3/b5-3-. The van der Waals surface area contributed by atoms with Gasteiger partial charge in [0.2, 0.25) is 0 Å². The first-order valence-electron chi connectivity index (χ1n) is 5.92. The van der Waals surface area contributed by atoms with Crippen LogP contribution in [0.3, 0.4) is 0 Å². The number of hydrogen-bond acceptors (Lipinski definition) is 4. The van der Waals surface area contributed by atoms with Crippen molar-refractivity contribution in [2.24, 2.45) is 0 Å². The summed E-state index contributed by atoms with van der Waals surface area (Å²) in [7, 11) is 1.92. The molecule has 92 valence electrons. The van der Waals surface area contributed by atoms with E-state index in [1.54, 1.807) is 0 Å². The van der Waals surface area contributed by atoms with Gasteiger partial charge in [0.1, 0.15) is 11.4 Å². The average molecular weight is 233 g/mol. The van der Waals surface area contributed by atoms with E-state index in [-0.39, 0.29) is 0 Å². The number of nitrogens with zero attached hydrogens (tertiary/aromatic N) is 2. The summed E-state index contributed by atoms with van der Waals surface area (Å²) in [4.78, 5) is 4.50. The van der Waals surface area contributed by atoms with E-state index in [1.807, 2.05) is 37.2 Å². The van der Waals surface area contributed by atoms with Gasteiger partial charge >= 0.3 is 0 Å². The van der Waals surface area contributed by atoms with Crippen molar-refractivity contribution >= 4 is 5.82 Å². The van der Waals surface area contributed by atoms with Crippen LogP contribution in [-0.4, -0.2) is 23.7 Å². The molecular weight excluding hydrogens is 214 g/mol. The lowest BCUT2D eigenvalue weighted by molar-refractivity contribution is 0.0444. The lowest BCUT2D eigenvalue weighted by atomic mass is 9.95. The summed E-state index contributed by atoms with van der Waals surface area (Å²) in [5.74, 6) is 0.818. The Kier molecular flexibility index (Phi) is 3.45. The lowest BCUT2D eigenvalue weighted by Gasteiger charge is -2.24. The molecule has 0 saturated carbocycles. The number of hydrogen-bond donors (Lipinski definition) is 2. The van der Waals surface area contributed by atoms with Crippen molar-refractivity contribution in [3.8, 4) is 0 Å². The summed E-state index contributed by atoms with van der Waals surface area (Å²) in [6.07, 6.45) is 5.69. The third-order valence-electron chi connectivity index (χ3n) is 3.04. The van der Waals surface area contributed by atoms with Crippen LogP contribution < -0.4 is 10.4 Å². The van der Waals surface area contributed by atoms with Gasteiger partial charge in [-0.3, -0.25) is 5.01 Å².